The molecule has 0 radical (unpaired) electrons. The van der Waals surface area contributed by atoms with E-state index in [0.717, 1.165) is 25.2 Å². The van der Waals surface area contributed by atoms with Crippen molar-refractivity contribution < 1.29 is 5.11 Å². The number of hydrogen-bond acceptors (Lipinski definition) is 1. The zero-order valence-electron chi connectivity index (χ0n) is 18.7. The third-order valence-electron chi connectivity index (χ3n) is 8.23. The lowest BCUT2D eigenvalue weighted by atomic mass is 9.60. The molecule has 5 atom stereocenters. The van der Waals surface area contributed by atoms with Crippen LogP contribution in [0, 0.1) is 29.1 Å². The first-order valence-electron chi connectivity index (χ1n) is 11.8. The maximum absolute atomic E-state index is 10.0. The minimum absolute atomic E-state index is 0.180. The molecule has 28 heavy (non-hydrogen) atoms. The van der Waals surface area contributed by atoms with Crippen LogP contribution in [-0.4, -0.2) is 11.2 Å². The summed E-state index contributed by atoms with van der Waals surface area (Å²) in [7, 11) is 0. The Morgan fingerprint density at radius 3 is 2.50 bits per heavy atom. The van der Waals surface area contributed by atoms with Gasteiger partial charge in [-0.2, -0.15) is 0 Å². The molecule has 0 heterocycles. The van der Waals surface area contributed by atoms with Crippen molar-refractivity contribution in [3.05, 3.63) is 47.6 Å². The van der Waals surface area contributed by atoms with E-state index in [9.17, 15) is 5.11 Å². The minimum atomic E-state index is -0.180. The van der Waals surface area contributed by atoms with Crippen LogP contribution in [0.25, 0.3) is 0 Å². The molecule has 0 aromatic heterocycles. The summed E-state index contributed by atoms with van der Waals surface area (Å²) in [5.41, 5.74) is 4.65. The van der Waals surface area contributed by atoms with Gasteiger partial charge in [-0.1, -0.05) is 76.1 Å². The van der Waals surface area contributed by atoms with Gasteiger partial charge in [-0.15, -0.1) is 0 Å². The Morgan fingerprint density at radius 1 is 1.00 bits per heavy atom. The van der Waals surface area contributed by atoms with Crippen molar-refractivity contribution in [2.45, 2.75) is 91.6 Å². The SMILES string of the molecule is C=C1CC[C@H](O)C/C1=C/C=C1\CCCC2(C(C)/C=C/[C@H](C)C(C)C)CCC[C@@H]12. The molecular weight excluding hydrogens is 340 g/mol. The molecule has 3 aliphatic carbocycles. The molecule has 3 rings (SSSR count). The lowest BCUT2D eigenvalue weighted by Crippen LogP contribution is -2.36. The highest BCUT2D eigenvalue weighted by Crippen LogP contribution is 2.58. The normalized spacial score (nSPS) is 36.4. The lowest BCUT2D eigenvalue weighted by molar-refractivity contribution is 0.120. The van der Waals surface area contributed by atoms with Gasteiger partial charge >= 0.3 is 0 Å². The Hall–Kier alpha value is -1.08. The highest BCUT2D eigenvalue weighted by molar-refractivity contribution is 5.36. The van der Waals surface area contributed by atoms with Gasteiger partial charge in [-0.3, -0.25) is 0 Å². The monoisotopic (exact) mass is 382 g/mol. The number of aliphatic hydroxyl groups excluding tert-OH is 1. The fourth-order valence-electron chi connectivity index (χ4n) is 5.87. The summed E-state index contributed by atoms with van der Waals surface area (Å²) in [5, 5.41) is 10.0. The van der Waals surface area contributed by atoms with Crippen LogP contribution in [0.1, 0.15) is 85.5 Å². The third kappa shape index (κ3) is 4.56. The molecule has 0 aliphatic heterocycles. The summed E-state index contributed by atoms with van der Waals surface area (Å²) < 4.78 is 0. The number of allylic oxidation sites excluding steroid dienone is 6. The Bertz CT molecular complexity index is 649. The van der Waals surface area contributed by atoms with Gasteiger partial charge in [0.25, 0.3) is 0 Å². The van der Waals surface area contributed by atoms with E-state index < -0.39 is 0 Å². The number of aliphatic hydroxyl groups is 1. The molecule has 1 N–H and O–H groups in total. The number of fused-ring (bicyclic) bond motifs is 1. The molecule has 0 aromatic carbocycles. The molecule has 2 unspecified atom stereocenters. The summed E-state index contributed by atoms with van der Waals surface area (Å²) in [6.45, 7) is 13.7. The van der Waals surface area contributed by atoms with Crippen LogP contribution < -0.4 is 0 Å². The predicted octanol–water partition coefficient (Wildman–Crippen LogP) is 7.40. The average molecular weight is 383 g/mol. The average Bonchev–Trinajstić information content (AvgIpc) is 3.12. The van der Waals surface area contributed by atoms with Gasteiger partial charge in [-0.05, 0) is 86.0 Å². The van der Waals surface area contributed by atoms with Gasteiger partial charge in [0, 0.05) is 0 Å². The highest BCUT2D eigenvalue weighted by Gasteiger charge is 2.48. The second-order valence-electron chi connectivity index (χ2n) is 10.2. The number of hydrogen-bond donors (Lipinski definition) is 1. The first kappa shape index (κ1) is 21.6. The maximum Gasteiger partial charge on any atom is 0.0583 e. The summed E-state index contributed by atoms with van der Waals surface area (Å²) >= 11 is 0. The summed E-state index contributed by atoms with van der Waals surface area (Å²) in [5.74, 6) is 2.77. The topological polar surface area (TPSA) is 20.2 Å². The van der Waals surface area contributed by atoms with Gasteiger partial charge in [0.1, 0.15) is 0 Å². The fraction of sp³-hybridized carbons (Fsp3) is 0.704. The first-order valence-corrected chi connectivity index (χ1v) is 11.8. The van der Waals surface area contributed by atoms with Crippen LogP contribution in [0.3, 0.4) is 0 Å². The second kappa shape index (κ2) is 9.16. The van der Waals surface area contributed by atoms with Crippen molar-refractivity contribution in [3.8, 4) is 0 Å². The first-order chi connectivity index (χ1) is 13.3. The summed E-state index contributed by atoms with van der Waals surface area (Å²) in [4.78, 5) is 0. The zero-order valence-corrected chi connectivity index (χ0v) is 18.7. The van der Waals surface area contributed by atoms with E-state index >= 15 is 0 Å². The Balaban J connectivity index is 1.79. The fourth-order valence-corrected chi connectivity index (χ4v) is 5.87. The van der Waals surface area contributed by atoms with Gasteiger partial charge in [0.15, 0.2) is 0 Å². The second-order valence-corrected chi connectivity index (χ2v) is 10.2. The number of rotatable bonds is 5. The molecule has 3 aliphatic rings. The van der Waals surface area contributed by atoms with Gasteiger partial charge in [-0.25, -0.2) is 0 Å². The van der Waals surface area contributed by atoms with Crippen LogP contribution in [0.4, 0.5) is 0 Å². The van der Waals surface area contributed by atoms with Gasteiger partial charge in [0.2, 0.25) is 0 Å². The summed E-state index contributed by atoms with van der Waals surface area (Å²) in [6, 6.07) is 0. The van der Waals surface area contributed by atoms with E-state index in [0.29, 0.717) is 23.2 Å². The van der Waals surface area contributed by atoms with E-state index in [1.165, 1.54) is 49.7 Å². The van der Waals surface area contributed by atoms with E-state index in [2.05, 4.69) is 58.6 Å². The molecule has 1 heteroatoms. The van der Waals surface area contributed by atoms with Gasteiger partial charge in [0.05, 0.1) is 6.10 Å². The van der Waals surface area contributed by atoms with E-state index in [4.69, 9.17) is 0 Å². The Labute approximate surface area is 173 Å². The molecule has 0 aromatic rings. The molecule has 0 amide bonds. The highest BCUT2D eigenvalue weighted by atomic mass is 16.3. The predicted molar refractivity (Wildman–Crippen MR) is 121 cm³/mol. The Morgan fingerprint density at radius 2 is 1.75 bits per heavy atom. The molecule has 156 valence electrons. The zero-order chi connectivity index (χ0) is 20.3. The van der Waals surface area contributed by atoms with Crippen LogP contribution >= 0.6 is 0 Å². The van der Waals surface area contributed by atoms with Crippen molar-refractivity contribution >= 4 is 0 Å². The molecule has 0 spiro atoms. The standard InChI is InChI=1S/C27H42O/c1-19(2)20(3)10-12-22(5)27-16-6-8-23(26(27)9-7-17-27)13-14-24-18-25(28)15-11-21(24)4/h10,12-14,19-20,22,25-26,28H,4,6-9,11,15-18H2,1-3,5H3/b12-10+,23-13+,24-14-/t20-,22?,25-,26-,27?/m0/s1. The molecule has 3 fully saturated rings. The van der Waals surface area contributed by atoms with Crippen molar-refractivity contribution in [2.75, 3.05) is 0 Å². The van der Waals surface area contributed by atoms with E-state index in [-0.39, 0.29) is 6.10 Å². The van der Waals surface area contributed by atoms with Crippen LogP contribution in [0.2, 0.25) is 0 Å². The van der Waals surface area contributed by atoms with E-state index in [1.54, 1.807) is 5.57 Å². The molecule has 0 bridgehead atoms. The van der Waals surface area contributed by atoms with Crippen molar-refractivity contribution in [1.29, 1.82) is 0 Å². The third-order valence-corrected chi connectivity index (χ3v) is 8.23. The van der Waals surface area contributed by atoms with Gasteiger partial charge < -0.3 is 5.11 Å². The van der Waals surface area contributed by atoms with Crippen LogP contribution in [0.5, 0.6) is 0 Å². The molecule has 0 saturated heterocycles. The molecule has 1 nitrogen and oxygen atoms in total. The molecular formula is C27H42O. The smallest absolute Gasteiger partial charge is 0.0583 e. The Kier molecular flexibility index (Phi) is 7.07. The minimum Gasteiger partial charge on any atom is -0.393 e. The summed E-state index contributed by atoms with van der Waals surface area (Å²) in [6.07, 6.45) is 20.3. The van der Waals surface area contributed by atoms with E-state index in [1.807, 2.05) is 0 Å². The van der Waals surface area contributed by atoms with Crippen LogP contribution in [0.15, 0.2) is 47.6 Å². The quantitative estimate of drug-likeness (QED) is 0.491. The van der Waals surface area contributed by atoms with Crippen molar-refractivity contribution in [1.82, 2.24) is 0 Å². The van der Waals surface area contributed by atoms with Crippen LogP contribution in [-0.2, 0) is 0 Å². The van der Waals surface area contributed by atoms with Crippen molar-refractivity contribution in [2.24, 2.45) is 29.1 Å². The lowest BCUT2D eigenvalue weighted by Gasteiger charge is -2.45. The largest absolute Gasteiger partial charge is 0.393 e. The molecule has 3 saturated carbocycles. The van der Waals surface area contributed by atoms with Crippen molar-refractivity contribution in [3.63, 3.8) is 0 Å². The maximum atomic E-state index is 10.0.